The van der Waals surface area contributed by atoms with Crippen LogP contribution in [-0.4, -0.2) is 36.2 Å². The molecule has 0 N–H and O–H groups in total. The molecule has 2 rings (SSSR count). The second-order valence-electron chi connectivity index (χ2n) is 8.76. The number of esters is 1. The normalized spacial score (nSPS) is 15.1. The van der Waals surface area contributed by atoms with Gasteiger partial charge in [-0.2, -0.15) is 0 Å². The summed E-state index contributed by atoms with van der Waals surface area (Å²) < 4.78 is 11.0. The van der Waals surface area contributed by atoms with E-state index in [0.717, 1.165) is 50.5 Å². The minimum absolute atomic E-state index is 0.0563. The second kappa shape index (κ2) is 10.5. The molecule has 0 atom stereocenters. The Balaban J connectivity index is 1.73. The fraction of sp³-hybridized carbons (Fsp3) is 0.652. The van der Waals surface area contributed by atoms with Crippen LogP contribution in [0.1, 0.15) is 71.3 Å². The summed E-state index contributed by atoms with van der Waals surface area (Å²) in [5, 5.41) is 0. The summed E-state index contributed by atoms with van der Waals surface area (Å²) in [6.45, 7) is 6.26. The Kier molecular flexibility index (Phi) is 8.34. The summed E-state index contributed by atoms with van der Waals surface area (Å²) in [5.74, 6) is 0.607. The van der Waals surface area contributed by atoms with E-state index in [1.165, 1.54) is 6.42 Å². The van der Waals surface area contributed by atoms with Gasteiger partial charge >= 0.3 is 12.1 Å². The van der Waals surface area contributed by atoms with E-state index in [0.29, 0.717) is 12.3 Å². The van der Waals surface area contributed by atoms with Gasteiger partial charge in [0.05, 0.1) is 5.92 Å². The van der Waals surface area contributed by atoms with Gasteiger partial charge in [-0.3, -0.25) is 4.79 Å². The van der Waals surface area contributed by atoms with Crippen molar-refractivity contribution in [2.45, 2.75) is 77.7 Å². The first-order valence-electron chi connectivity index (χ1n) is 10.5. The van der Waals surface area contributed by atoms with Crippen LogP contribution in [0.4, 0.5) is 4.79 Å². The standard InChI is InChI=1S/C23H35NO4/c1-23(2,3)28-22(26)24(4)16-9-8-11-18-12-10-15-20(17-18)27-21(25)19-13-6-5-7-14-19/h10,12,15,17,19H,5-9,11,13-14,16H2,1-4H3. The minimum atomic E-state index is -0.471. The lowest BCUT2D eigenvalue weighted by Gasteiger charge is -2.24. The van der Waals surface area contributed by atoms with E-state index in [-0.39, 0.29) is 18.0 Å². The Hall–Kier alpha value is -2.04. The zero-order chi connectivity index (χ0) is 20.6. The maximum Gasteiger partial charge on any atom is 0.410 e. The van der Waals surface area contributed by atoms with Gasteiger partial charge in [0, 0.05) is 13.6 Å². The molecular formula is C23H35NO4. The van der Waals surface area contributed by atoms with Gasteiger partial charge in [0.2, 0.25) is 0 Å². The molecule has 156 valence electrons. The van der Waals surface area contributed by atoms with E-state index in [4.69, 9.17) is 9.47 Å². The van der Waals surface area contributed by atoms with Crippen LogP contribution in [0.2, 0.25) is 0 Å². The number of benzene rings is 1. The first kappa shape index (κ1) is 22.3. The van der Waals surface area contributed by atoms with Crippen LogP contribution in [0.25, 0.3) is 0 Å². The number of carbonyl (C=O) groups excluding carboxylic acids is 2. The van der Waals surface area contributed by atoms with Crippen molar-refractivity contribution in [3.05, 3.63) is 29.8 Å². The molecule has 0 aromatic heterocycles. The van der Waals surface area contributed by atoms with Gasteiger partial charge in [0.15, 0.2) is 0 Å². The van der Waals surface area contributed by atoms with Crippen LogP contribution >= 0.6 is 0 Å². The zero-order valence-electron chi connectivity index (χ0n) is 17.8. The molecule has 5 heteroatoms. The predicted molar refractivity (Wildman–Crippen MR) is 110 cm³/mol. The number of nitrogens with zero attached hydrogens (tertiary/aromatic N) is 1. The molecule has 1 aliphatic rings. The van der Waals surface area contributed by atoms with E-state index < -0.39 is 5.60 Å². The molecule has 0 spiro atoms. The molecule has 1 aromatic carbocycles. The van der Waals surface area contributed by atoms with E-state index >= 15 is 0 Å². The van der Waals surface area contributed by atoms with Gasteiger partial charge in [-0.1, -0.05) is 31.4 Å². The third-order valence-corrected chi connectivity index (χ3v) is 4.97. The largest absolute Gasteiger partial charge is 0.444 e. The van der Waals surface area contributed by atoms with E-state index in [2.05, 4.69) is 6.07 Å². The molecule has 0 saturated heterocycles. The first-order valence-corrected chi connectivity index (χ1v) is 10.5. The van der Waals surface area contributed by atoms with Crippen molar-refractivity contribution in [3.63, 3.8) is 0 Å². The monoisotopic (exact) mass is 389 g/mol. The number of ether oxygens (including phenoxy) is 2. The molecule has 0 radical (unpaired) electrons. The van der Waals surface area contributed by atoms with Gasteiger partial charge in [-0.25, -0.2) is 4.79 Å². The van der Waals surface area contributed by atoms with Crippen LogP contribution < -0.4 is 4.74 Å². The highest BCUT2D eigenvalue weighted by molar-refractivity contribution is 5.75. The number of hydrogen-bond donors (Lipinski definition) is 0. The summed E-state index contributed by atoms with van der Waals surface area (Å²) >= 11 is 0. The maximum absolute atomic E-state index is 12.3. The van der Waals surface area contributed by atoms with Crippen molar-refractivity contribution in [1.29, 1.82) is 0 Å². The van der Waals surface area contributed by atoms with Crippen LogP contribution in [0.5, 0.6) is 5.75 Å². The number of amides is 1. The highest BCUT2D eigenvalue weighted by Gasteiger charge is 2.23. The quantitative estimate of drug-likeness (QED) is 0.358. The Morgan fingerprint density at radius 3 is 2.50 bits per heavy atom. The Bertz CT molecular complexity index is 644. The molecular weight excluding hydrogens is 354 g/mol. The van der Waals surface area contributed by atoms with Crippen LogP contribution in [-0.2, 0) is 16.0 Å². The molecule has 0 unspecified atom stereocenters. The summed E-state index contributed by atoms with van der Waals surface area (Å²) in [6, 6.07) is 7.79. The second-order valence-corrected chi connectivity index (χ2v) is 8.76. The van der Waals surface area contributed by atoms with Crippen LogP contribution in [0, 0.1) is 5.92 Å². The van der Waals surface area contributed by atoms with Crippen molar-refractivity contribution in [3.8, 4) is 5.75 Å². The average molecular weight is 390 g/mol. The first-order chi connectivity index (χ1) is 13.2. The zero-order valence-corrected chi connectivity index (χ0v) is 17.8. The minimum Gasteiger partial charge on any atom is -0.444 e. The molecule has 1 fully saturated rings. The van der Waals surface area contributed by atoms with Gasteiger partial charge in [-0.15, -0.1) is 0 Å². The molecule has 1 amide bonds. The lowest BCUT2D eigenvalue weighted by Crippen LogP contribution is -2.34. The molecule has 5 nitrogen and oxygen atoms in total. The third-order valence-electron chi connectivity index (χ3n) is 4.97. The number of carbonyl (C=O) groups is 2. The van der Waals surface area contributed by atoms with Gasteiger partial charge in [-0.05, 0) is 70.6 Å². The fourth-order valence-corrected chi connectivity index (χ4v) is 3.41. The molecule has 1 aromatic rings. The average Bonchev–Trinajstić information content (AvgIpc) is 2.64. The van der Waals surface area contributed by atoms with E-state index in [1.54, 1.807) is 11.9 Å². The summed E-state index contributed by atoms with van der Waals surface area (Å²) in [4.78, 5) is 25.9. The Labute approximate surface area is 169 Å². The topological polar surface area (TPSA) is 55.8 Å². The molecule has 1 aliphatic carbocycles. The Morgan fingerprint density at radius 2 is 1.82 bits per heavy atom. The van der Waals surface area contributed by atoms with Crippen LogP contribution in [0.3, 0.4) is 0 Å². The highest BCUT2D eigenvalue weighted by atomic mass is 16.6. The lowest BCUT2D eigenvalue weighted by molar-refractivity contribution is -0.139. The molecule has 0 bridgehead atoms. The van der Waals surface area contributed by atoms with Crippen molar-refractivity contribution >= 4 is 12.1 Å². The van der Waals surface area contributed by atoms with Crippen LogP contribution in [0.15, 0.2) is 24.3 Å². The number of aryl methyl sites for hydroxylation is 1. The molecule has 1 saturated carbocycles. The van der Waals surface area contributed by atoms with Crippen molar-refractivity contribution < 1.29 is 19.1 Å². The van der Waals surface area contributed by atoms with E-state index in [1.807, 2.05) is 39.0 Å². The molecule has 0 aliphatic heterocycles. The van der Waals surface area contributed by atoms with Crippen molar-refractivity contribution in [2.24, 2.45) is 5.92 Å². The van der Waals surface area contributed by atoms with E-state index in [9.17, 15) is 9.59 Å². The Morgan fingerprint density at radius 1 is 1.11 bits per heavy atom. The maximum atomic E-state index is 12.3. The summed E-state index contributed by atoms with van der Waals surface area (Å²) in [6.07, 6.45) is 7.81. The van der Waals surface area contributed by atoms with Gasteiger partial charge in [0.1, 0.15) is 11.4 Å². The SMILES string of the molecule is CN(CCCCc1cccc(OC(=O)C2CCCCC2)c1)C(=O)OC(C)(C)C. The third kappa shape index (κ3) is 7.91. The highest BCUT2D eigenvalue weighted by Crippen LogP contribution is 2.26. The van der Waals surface area contributed by atoms with Crippen molar-refractivity contribution in [1.82, 2.24) is 4.90 Å². The fourth-order valence-electron chi connectivity index (χ4n) is 3.41. The van der Waals surface area contributed by atoms with Gasteiger partial charge < -0.3 is 14.4 Å². The number of unbranched alkanes of at least 4 members (excludes halogenated alkanes) is 1. The predicted octanol–water partition coefficient (Wildman–Crippen LogP) is 5.36. The summed E-state index contributed by atoms with van der Waals surface area (Å²) in [7, 11) is 1.76. The van der Waals surface area contributed by atoms with Crippen molar-refractivity contribution in [2.75, 3.05) is 13.6 Å². The smallest absolute Gasteiger partial charge is 0.410 e. The van der Waals surface area contributed by atoms with Gasteiger partial charge in [0.25, 0.3) is 0 Å². The summed E-state index contributed by atoms with van der Waals surface area (Å²) in [5.41, 5.74) is 0.676. The molecule has 0 heterocycles. The number of hydrogen-bond acceptors (Lipinski definition) is 4. The molecule has 28 heavy (non-hydrogen) atoms. The number of rotatable bonds is 7. The lowest BCUT2D eigenvalue weighted by atomic mass is 9.89.